The molecular formula is C17H21N3O5. The Morgan fingerprint density at radius 2 is 2.08 bits per heavy atom. The Hall–Kier alpha value is -2.77. The lowest BCUT2D eigenvalue weighted by Crippen LogP contribution is -2.50. The molecule has 2 atom stereocenters. The second kappa shape index (κ2) is 6.27. The zero-order valence-electron chi connectivity index (χ0n) is 14.4. The number of benzene rings is 1. The fraction of sp³-hybridized carbons (Fsp3) is 0.471. The Bertz CT molecular complexity index is 735. The van der Waals surface area contributed by atoms with E-state index in [0.717, 1.165) is 10.5 Å². The summed E-state index contributed by atoms with van der Waals surface area (Å²) in [6, 6.07) is 3.96. The normalized spacial score (nSPS) is 22.8. The Balaban J connectivity index is 1.79. The van der Waals surface area contributed by atoms with Crippen molar-refractivity contribution in [1.82, 2.24) is 15.5 Å². The molecule has 4 amide bonds. The third-order valence-electron chi connectivity index (χ3n) is 4.40. The fourth-order valence-corrected chi connectivity index (χ4v) is 3.08. The van der Waals surface area contributed by atoms with E-state index in [-0.39, 0.29) is 19.1 Å². The SMILES string of the molecule is CCNC(=O)C(C)N1C(=O)NC(C)(Cc2ccc3c(c2)OCO3)C1=O. The zero-order valence-corrected chi connectivity index (χ0v) is 14.4. The lowest BCUT2D eigenvalue weighted by molar-refractivity contribution is -0.137. The van der Waals surface area contributed by atoms with Gasteiger partial charge in [0.1, 0.15) is 11.6 Å². The quantitative estimate of drug-likeness (QED) is 0.768. The van der Waals surface area contributed by atoms with E-state index < -0.39 is 23.5 Å². The fourth-order valence-electron chi connectivity index (χ4n) is 3.08. The van der Waals surface area contributed by atoms with Gasteiger partial charge < -0.3 is 20.1 Å². The van der Waals surface area contributed by atoms with Crippen LogP contribution < -0.4 is 20.1 Å². The van der Waals surface area contributed by atoms with E-state index in [2.05, 4.69) is 10.6 Å². The van der Waals surface area contributed by atoms with Gasteiger partial charge in [-0.1, -0.05) is 6.07 Å². The summed E-state index contributed by atoms with van der Waals surface area (Å²) < 4.78 is 10.6. The summed E-state index contributed by atoms with van der Waals surface area (Å²) in [5.74, 6) is 0.486. The Morgan fingerprint density at radius 1 is 1.36 bits per heavy atom. The van der Waals surface area contributed by atoms with Crippen molar-refractivity contribution < 1.29 is 23.9 Å². The molecule has 1 saturated heterocycles. The van der Waals surface area contributed by atoms with E-state index >= 15 is 0 Å². The first kappa shape index (κ1) is 17.1. The van der Waals surface area contributed by atoms with Crippen LogP contribution in [-0.4, -0.2) is 47.7 Å². The standard InChI is InChI=1S/C17H21N3O5/c1-4-18-14(21)10(2)20-15(22)17(3,19-16(20)23)8-11-5-6-12-13(7-11)25-9-24-12/h5-7,10H,4,8-9H2,1-3H3,(H,18,21)(H,19,23). The number of nitrogens with zero attached hydrogens (tertiary/aromatic N) is 1. The van der Waals surface area contributed by atoms with Crippen LogP contribution in [-0.2, 0) is 16.0 Å². The van der Waals surface area contributed by atoms with E-state index in [1.807, 2.05) is 6.07 Å². The number of carbonyl (C=O) groups excluding carboxylic acids is 3. The van der Waals surface area contributed by atoms with Crippen molar-refractivity contribution in [3.8, 4) is 11.5 Å². The maximum atomic E-state index is 12.8. The van der Waals surface area contributed by atoms with Crippen LogP contribution in [0.1, 0.15) is 26.3 Å². The van der Waals surface area contributed by atoms with Crippen molar-refractivity contribution in [3.05, 3.63) is 23.8 Å². The number of fused-ring (bicyclic) bond motifs is 1. The summed E-state index contributed by atoms with van der Waals surface area (Å²) in [5, 5.41) is 5.33. The third kappa shape index (κ3) is 2.99. The predicted octanol–water partition coefficient (Wildman–Crippen LogP) is 0.793. The molecule has 0 spiro atoms. The van der Waals surface area contributed by atoms with Gasteiger partial charge in [0.2, 0.25) is 12.7 Å². The highest BCUT2D eigenvalue weighted by Gasteiger charge is 2.50. The monoisotopic (exact) mass is 347 g/mol. The Kier molecular flexibility index (Phi) is 4.28. The van der Waals surface area contributed by atoms with Crippen LogP contribution in [0.3, 0.4) is 0 Å². The molecule has 0 aromatic heterocycles. The van der Waals surface area contributed by atoms with Gasteiger partial charge in [-0.15, -0.1) is 0 Å². The van der Waals surface area contributed by atoms with Crippen LogP contribution in [0, 0.1) is 0 Å². The minimum absolute atomic E-state index is 0.170. The van der Waals surface area contributed by atoms with Crippen LogP contribution >= 0.6 is 0 Å². The molecule has 1 aromatic rings. The maximum Gasteiger partial charge on any atom is 0.325 e. The molecule has 2 aliphatic heterocycles. The molecule has 2 unspecified atom stereocenters. The van der Waals surface area contributed by atoms with E-state index in [1.54, 1.807) is 26.0 Å². The van der Waals surface area contributed by atoms with Crippen molar-refractivity contribution in [1.29, 1.82) is 0 Å². The van der Waals surface area contributed by atoms with Gasteiger partial charge in [-0.25, -0.2) is 9.69 Å². The van der Waals surface area contributed by atoms with E-state index in [4.69, 9.17) is 9.47 Å². The van der Waals surface area contributed by atoms with Crippen molar-refractivity contribution in [2.24, 2.45) is 0 Å². The second-order valence-corrected chi connectivity index (χ2v) is 6.37. The molecule has 2 N–H and O–H groups in total. The van der Waals surface area contributed by atoms with Crippen LogP contribution in [0.4, 0.5) is 4.79 Å². The number of imide groups is 1. The number of ether oxygens (including phenoxy) is 2. The zero-order chi connectivity index (χ0) is 18.2. The molecule has 25 heavy (non-hydrogen) atoms. The molecule has 0 bridgehead atoms. The Labute approximate surface area is 145 Å². The summed E-state index contributed by atoms with van der Waals surface area (Å²) in [4.78, 5) is 38.1. The number of amides is 4. The molecule has 2 heterocycles. The molecular weight excluding hydrogens is 326 g/mol. The number of hydrogen-bond acceptors (Lipinski definition) is 5. The van der Waals surface area contributed by atoms with E-state index in [9.17, 15) is 14.4 Å². The lowest BCUT2D eigenvalue weighted by Gasteiger charge is -2.24. The van der Waals surface area contributed by atoms with Gasteiger partial charge in [-0.2, -0.15) is 0 Å². The average Bonchev–Trinajstić information content (AvgIpc) is 3.10. The molecule has 1 aromatic carbocycles. The molecule has 3 rings (SSSR count). The van der Waals surface area contributed by atoms with Gasteiger partial charge in [-0.3, -0.25) is 9.59 Å². The van der Waals surface area contributed by atoms with Crippen molar-refractivity contribution in [3.63, 3.8) is 0 Å². The first-order valence-electron chi connectivity index (χ1n) is 8.18. The summed E-state index contributed by atoms with van der Waals surface area (Å²) in [5.41, 5.74) is -0.293. The number of rotatable bonds is 5. The maximum absolute atomic E-state index is 12.8. The molecule has 1 fully saturated rings. The molecule has 0 aliphatic carbocycles. The highest BCUT2D eigenvalue weighted by molar-refractivity contribution is 6.09. The second-order valence-electron chi connectivity index (χ2n) is 6.37. The van der Waals surface area contributed by atoms with Crippen molar-refractivity contribution in [2.45, 2.75) is 38.8 Å². The van der Waals surface area contributed by atoms with Crippen LogP contribution in [0.25, 0.3) is 0 Å². The van der Waals surface area contributed by atoms with Gasteiger partial charge in [-0.05, 0) is 38.5 Å². The number of nitrogens with one attached hydrogen (secondary N) is 2. The average molecular weight is 347 g/mol. The van der Waals surface area contributed by atoms with Gasteiger partial charge in [0.05, 0.1) is 0 Å². The first-order valence-corrected chi connectivity index (χ1v) is 8.18. The minimum atomic E-state index is -1.12. The molecule has 134 valence electrons. The van der Waals surface area contributed by atoms with Gasteiger partial charge in [0.15, 0.2) is 11.5 Å². The highest BCUT2D eigenvalue weighted by atomic mass is 16.7. The lowest BCUT2D eigenvalue weighted by atomic mass is 9.92. The van der Waals surface area contributed by atoms with Crippen molar-refractivity contribution in [2.75, 3.05) is 13.3 Å². The van der Waals surface area contributed by atoms with Crippen LogP contribution in [0.15, 0.2) is 18.2 Å². The molecule has 8 heteroatoms. The molecule has 0 saturated carbocycles. The van der Waals surface area contributed by atoms with Gasteiger partial charge in [0, 0.05) is 13.0 Å². The summed E-state index contributed by atoms with van der Waals surface area (Å²) in [7, 11) is 0. The van der Waals surface area contributed by atoms with E-state index in [0.29, 0.717) is 18.0 Å². The first-order chi connectivity index (χ1) is 11.9. The highest BCUT2D eigenvalue weighted by Crippen LogP contribution is 2.34. The molecule has 2 aliphatic rings. The smallest absolute Gasteiger partial charge is 0.325 e. The van der Waals surface area contributed by atoms with Crippen molar-refractivity contribution >= 4 is 17.8 Å². The largest absolute Gasteiger partial charge is 0.454 e. The van der Waals surface area contributed by atoms with E-state index in [1.165, 1.54) is 6.92 Å². The third-order valence-corrected chi connectivity index (χ3v) is 4.40. The number of hydrogen-bond donors (Lipinski definition) is 2. The van der Waals surface area contributed by atoms with Gasteiger partial charge in [0.25, 0.3) is 5.91 Å². The van der Waals surface area contributed by atoms with Crippen LogP contribution in [0.2, 0.25) is 0 Å². The molecule has 8 nitrogen and oxygen atoms in total. The van der Waals surface area contributed by atoms with Crippen LogP contribution in [0.5, 0.6) is 11.5 Å². The Morgan fingerprint density at radius 3 is 2.80 bits per heavy atom. The number of urea groups is 1. The minimum Gasteiger partial charge on any atom is -0.454 e. The van der Waals surface area contributed by atoms with Gasteiger partial charge >= 0.3 is 6.03 Å². The number of carbonyl (C=O) groups is 3. The predicted molar refractivity (Wildman–Crippen MR) is 88.2 cm³/mol. The summed E-state index contributed by atoms with van der Waals surface area (Å²) in [6.45, 7) is 5.57. The number of likely N-dealkylation sites (N-methyl/N-ethyl adjacent to an activating group) is 1. The summed E-state index contributed by atoms with van der Waals surface area (Å²) in [6.07, 6.45) is 0.285. The molecule has 0 radical (unpaired) electrons. The summed E-state index contributed by atoms with van der Waals surface area (Å²) >= 11 is 0. The topological polar surface area (TPSA) is 97.0 Å².